The smallest absolute Gasteiger partial charge is 0.179 e. The third-order valence-electron chi connectivity index (χ3n) is 6.52. The molecule has 5 aromatic rings. The molecular formula is C28H25FN8O2. The average molecular weight is 525 g/mol. The maximum Gasteiger partial charge on any atom is 0.179 e. The van der Waals surface area contributed by atoms with Crippen molar-refractivity contribution in [2.75, 3.05) is 38.7 Å². The molecule has 0 amide bonds. The lowest BCUT2D eigenvalue weighted by Gasteiger charge is -2.26. The Kier molecular flexibility index (Phi) is 6.62. The third kappa shape index (κ3) is 5.03. The maximum atomic E-state index is 14.6. The molecule has 10 nitrogen and oxygen atoms in total. The molecule has 1 aliphatic rings. The number of H-pyrrole nitrogens is 2. The number of terminal acetylenes is 1. The molecule has 0 saturated carbocycles. The van der Waals surface area contributed by atoms with Crippen LogP contribution in [0.3, 0.4) is 0 Å². The van der Waals surface area contributed by atoms with Crippen LogP contribution < -0.4 is 10.1 Å². The largest absolute Gasteiger partial charge is 0.491 e. The normalized spacial score (nSPS) is 13.9. The van der Waals surface area contributed by atoms with E-state index in [-0.39, 0.29) is 11.4 Å². The SMILES string of the molecule is C#Cc1ccc(F)c(-c2ncc(OC)c(Nc3c[nH]nc3-c3nc4cc(CN5CCOCC5)ccc4[nH]3)n2)c1. The fraction of sp³-hybridized carbons (Fsp3) is 0.214. The summed E-state index contributed by atoms with van der Waals surface area (Å²) in [6, 6.07) is 10.6. The lowest BCUT2D eigenvalue weighted by atomic mass is 10.1. The summed E-state index contributed by atoms with van der Waals surface area (Å²) in [5.41, 5.74) is 4.80. The lowest BCUT2D eigenvalue weighted by Crippen LogP contribution is -2.35. The van der Waals surface area contributed by atoms with Crippen LogP contribution in [-0.2, 0) is 11.3 Å². The summed E-state index contributed by atoms with van der Waals surface area (Å²) in [5, 5.41) is 10.5. The van der Waals surface area contributed by atoms with Gasteiger partial charge in [0.25, 0.3) is 0 Å². The highest BCUT2D eigenvalue weighted by Gasteiger charge is 2.18. The van der Waals surface area contributed by atoms with Crippen molar-refractivity contribution in [2.24, 2.45) is 0 Å². The zero-order valence-electron chi connectivity index (χ0n) is 21.2. The molecule has 0 bridgehead atoms. The number of ether oxygens (including phenoxy) is 2. The maximum absolute atomic E-state index is 14.6. The molecule has 2 aromatic carbocycles. The first-order valence-electron chi connectivity index (χ1n) is 12.4. The minimum absolute atomic E-state index is 0.162. The summed E-state index contributed by atoms with van der Waals surface area (Å²) in [4.78, 5) is 19.3. The Morgan fingerprint density at radius 3 is 2.87 bits per heavy atom. The predicted octanol–water partition coefficient (Wildman–Crippen LogP) is 4.11. The molecule has 4 heterocycles. The van der Waals surface area contributed by atoms with Crippen LogP contribution in [0.15, 0.2) is 48.8 Å². The standard InChI is InChI=1S/C28H25FN8O2/c1-3-17-4-6-20(29)19(12-17)26-30-15-24(38-2)27(35-26)34-23-14-31-36-25(23)28-32-21-7-5-18(13-22(21)33-28)16-37-8-10-39-11-9-37/h1,4-7,12-15H,8-11,16H2,2H3,(H,31,36)(H,32,33)(H,30,34,35). The highest BCUT2D eigenvalue weighted by molar-refractivity contribution is 5.83. The Labute approximate surface area is 223 Å². The zero-order chi connectivity index (χ0) is 26.8. The van der Waals surface area contributed by atoms with E-state index in [9.17, 15) is 4.39 Å². The molecule has 1 saturated heterocycles. The Bertz CT molecular complexity index is 1680. The van der Waals surface area contributed by atoms with Crippen molar-refractivity contribution in [3.8, 4) is 41.0 Å². The number of aromatic amines is 2. The van der Waals surface area contributed by atoms with Crippen molar-refractivity contribution in [1.82, 2.24) is 35.0 Å². The molecule has 1 aliphatic heterocycles. The highest BCUT2D eigenvalue weighted by Crippen LogP contribution is 2.33. The van der Waals surface area contributed by atoms with Gasteiger partial charge in [0.15, 0.2) is 28.9 Å². The minimum Gasteiger partial charge on any atom is -0.491 e. The van der Waals surface area contributed by atoms with E-state index in [0.717, 1.165) is 43.9 Å². The van der Waals surface area contributed by atoms with Gasteiger partial charge in [0.05, 0.1) is 48.8 Å². The van der Waals surface area contributed by atoms with Gasteiger partial charge in [-0.3, -0.25) is 10.00 Å². The summed E-state index contributed by atoms with van der Waals surface area (Å²) in [5.74, 6) is 3.47. The van der Waals surface area contributed by atoms with Gasteiger partial charge in [0.2, 0.25) is 0 Å². The van der Waals surface area contributed by atoms with Gasteiger partial charge in [-0.25, -0.2) is 19.3 Å². The van der Waals surface area contributed by atoms with Crippen LogP contribution in [0.25, 0.3) is 33.9 Å². The van der Waals surface area contributed by atoms with Crippen molar-refractivity contribution >= 4 is 22.5 Å². The van der Waals surface area contributed by atoms with Crippen molar-refractivity contribution in [2.45, 2.75) is 6.54 Å². The number of hydrogen-bond acceptors (Lipinski definition) is 8. The van der Waals surface area contributed by atoms with Crippen molar-refractivity contribution < 1.29 is 13.9 Å². The van der Waals surface area contributed by atoms with E-state index in [0.29, 0.717) is 34.3 Å². The number of halogens is 1. The van der Waals surface area contributed by atoms with Gasteiger partial charge in [-0.1, -0.05) is 12.0 Å². The highest BCUT2D eigenvalue weighted by atomic mass is 19.1. The number of rotatable bonds is 7. The van der Waals surface area contributed by atoms with E-state index in [1.807, 2.05) is 6.07 Å². The van der Waals surface area contributed by atoms with E-state index >= 15 is 0 Å². The summed E-state index contributed by atoms with van der Waals surface area (Å²) in [6.45, 7) is 4.20. The molecule has 39 heavy (non-hydrogen) atoms. The van der Waals surface area contributed by atoms with E-state index in [1.165, 1.54) is 37.1 Å². The van der Waals surface area contributed by atoms with Crippen molar-refractivity contribution in [3.63, 3.8) is 0 Å². The molecular weight excluding hydrogens is 499 g/mol. The van der Waals surface area contributed by atoms with Gasteiger partial charge in [0.1, 0.15) is 5.82 Å². The second kappa shape index (κ2) is 10.5. The number of nitrogens with one attached hydrogen (secondary N) is 3. The molecule has 3 aromatic heterocycles. The Balaban J connectivity index is 1.29. The zero-order valence-corrected chi connectivity index (χ0v) is 21.2. The van der Waals surface area contributed by atoms with E-state index in [1.54, 1.807) is 6.20 Å². The first-order chi connectivity index (χ1) is 19.1. The van der Waals surface area contributed by atoms with Crippen LogP contribution in [0, 0.1) is 18.2 Å². The number of methoxy groups -OCH3 is 1. The van der Waals surface area contributed by atoms with Gasteiger partial charge in [-0.15, -0.1) is 6.42 Å². The summed E-state index contributed by atoms with van der Waals surface area (Å²) < 4.78 is 25.5. The molecule has 3 N–H and O–H groups in total. The van der Waals surface area contributed by atoms with Crippen LogP contribution >= 0.6 is 0 Å². The van der Waals surface area contributed by atoms with Crippen molar-refractivity contribution in [3.05, 3.63) is 65.7 Å². The number of benzene rings is 2. The van der Waals surface area contributed by atoms with Gasteiger partial charge in [-0.05, 0) is 35.9 Å². The predicted molar refractivity (Wildman–Crippen MR) is 145 cm³/mol. The van der Waals surface area contributed by atoms with Gasteiger partial charge >= 0.3 is 0 Å². The van der Waals surface area contributed by atoms with Crippen LogP contribution in [-0.4, -0.2) is 68.4 Å². The molecule has 0 radical (unpaired) electrons. The molecule has 0 atom stereocenters. The number of fused-ring (bicyclic) bond motifs is 1. The monoisotopic (exact) mass is 524 g/mol. The minimum atomic E-state index is -0.482. The summed E-state index contributed by atoms with van der Waals surface area (Å²) in [7, 11) is 1.51. The number of anilines is 2. The fourth-order valence-corrected chi connectivity index (χ4v) is 4.50. The number of nitrogens with zero attached hydrogens (tertiary/aromatic N) is 5. The molecule has 0 aliphatic carbocycles. The van der Waals surface area contributed by atoms with Gasteiger partial charge in [0, 0.05) is 31.4 Å². The lowest BCUT2D eigenvalue weighted by molar-refractivity contribution is 0.0342. The molecule has 196 valence electrons. The molecule has 0 spiro atoms. The number of hydrogen-bond donors (Lipinski definition) is 3. The van der Waals surface area contributed by atoms with E-state index in [4.69, 9.17) is 20.9 Å². The van der Waals surface area contributed by atoms with Crippen molar-refractivity contribution in [1.29, 1.82) is 0 Å². The van der Waals surface area contributed by atoms with Crippen LogP contribution in [0.2, 0.25) is 0 Å². The Morgan fingerprint density at radius 2 is 2.05 bits per heavy atom. The van der Waals surface area contributed by atoms with Crippen LogP contribution in [0.1, 0.15) is 11.1 Å². The Morgan fingerprint density at radius 1 is 1.18 bits per heavy atom. The summed E-state index contributed by atoms with van der Waals surface area (Å²) >= 11 is 0. The number of morpholine rings is 1. The van der Waals surface area contributed by atoms with Gasteiger partial charge < -0.3 is 19.8 Å². The Hall–Kier alpha value is -4.79. The fourth-order valence-electron chi connectivity index (χ4n) is 4.50. The van der Waals surface area contributed by atoms with E-state index in [2.05, 4.69) is 53.4 Å². The third-order valence-corrected chi connectivity index (χ3v) is 6.52. The summed E-state index contributed by atoms with van der Waals surface area (Å²) in [6.07, 6.45) is 8.65. The number of aromatic nitrogens is 6. The number of imidazole rings is 1. The average Bonchev–Trinajstić information content (AvgIpc) is 3.60. The second-order valence-electron chi connectivity index (χ2n) is 9.05. The molecule has 0 unspecified atom stereocenters. The second-order valence-corrected chi connectivity index (χ2v) is 9.05. The van der Waals surface area contributed by atoms with Crippen LogP contribution in [0.5, 0.6) is 5.75 Å². The molecule has 1 fully saturated rings. The molecule has 11 heteroatoms. The molecule has 6 rings (SSSR count). The first kappa shape index (κ1) is 24.5. The van der Waals surface area contributed by atoms with Crippen LogP contribution in [0.4, 0.5) is 15.9 Å². The topological polar surface area (TPSA) is 117 Å². The van der Waals surface area contributed by atoms with Gasteiger partial charge in [-0.2, -0.15) is 5.10 Å². The quantitative estimate of drug-likeness (QED) is 0.272. The van der Waals surface area contributed by atoms with E-state index < -0.39 is 5.82 Å². The first-order valence-corrected chi connectivity index (χ1v) is 12.4.